The molecule has 1 atom stereocenters. The van der Waals surface area contributed by atoms with Crippen LogP contribution in [0.15, 0.2) is 24.3 Å². The van der Waals surface area contributed by atoms with Gasteiger partial charge in [-0.25, -0.2) is 0 Å². The van der Waals surface area contributed by atoms with Crippen LogP contribution in [-0.4, -0.2) is 29.3 Å². The molecule has 0 aliphatic heterocycles. The van der Waals surface area contributed by atoms with Crippen molar-refractivity contribution in [1.82, 2.24) is 4.90 Å². The van der Waals surface area contributed by atoms with Crippen LogP contribution in [0.1, 0.15) is 38.1 Å². The number of nitrogens with zero attached hydrogens (tertiary/aromatic N) is 1. The monoisotopic (exact) mass is 253 g/mol. The molecule has 17 heavy (non-hydrogen) atoms. The lowest BCUT2D eigenvalue weighted by Gasteiger charge is -2.36. The highest BCUT2D eigenvalue weighted by atomic mass is 35.5. The lowest BCUT2D eigenvalue weighted by molar-refractivity contribution is 0.0726. The quantitative estimate of drug-likeness (QED) is 0.767. The number of benzene rings is 1. The number of halogens is 1. The van der Waals surface area contributed by atoms with Crippen LogP contribution in [0.5, 0.6) is 0 Å². The lowest BCUT2D eigenvalue weighted by atomic mass is 9.99. The van der Waals surface area contributed by atoms with Gasteiger partial charge < -0.3 is 0 Å². The van der Waals surface area contributed by atoms with E-state index in [1.165, 1.54) is 0 Å². The maximum absolute atomic E-state index is 12.3. The minimum absolute atomic E-state index is 0.0341. The molecular weight excluding hydrogens is 234 g/mol. The van der Waals surface area contributed by atoms with Gasteiger partial charge in [0.25, 0.3) is 0 Å². The van der Waals surface area contributed by atoms with E-state index in [0.717, 1.165) is 0 Å². The van der Waals surface area contributed by atoms with Crippen LogP contribution in [0.25, 0.3) is 0 Å². The summed E-state index contributed by atoms with van der Waals surface area (Å²) < 4.78 is 0. The Morgan fingerprint density at radius 2 is 1.94 bits per heavy atom. The summed E-state index contributed by atoms with van der Waals surface area (Å²) in [6, 6.07) is 6.95. The maximum atomic E-state index is 12.3. The van der Waals surface area contributed by atoms with Crippen molar-refractivity contribution in [3.05, 3.63) is 34.9 Å². The lowest BCUT2D eigenvalue weighted by Crippen LogP contribution is -2.47. The first-order valence-corrected chi connectivity index (χ1v) is 6.14. The smallest absolute Gasteiger partial charge is 0.179 e. The first-order chi connectivity index (χ1) is 7.73. The fraction of sp³-hybridized carbons (Fsp3) is 0.500. The molecule has 0 bridgehead atoms. The molecule has 1 aromatic carbocycles. The summed E-state index contributed by atoms with van der Waals surface area (Å²) in [5.74, 6) is 0.102. The fourth-order valence-corrected chi connectivity index (χ4v) is 1.83. The van der Waals surface area contributed by atoms with E-state index in [4.69, 9.17) is 11.6 Å². The highest BCUT2D eigenvalue weighted by Crippen LogP contribution is 2.19. The van der Waals surface area contributed by atoms with Gasteiger partial charge in [-0.05, 0) is 46.9 Å². The van der Waals surface area contributed by atoms with Gasteiger partial charge in [0.1, 0.15) is 0 Å². The van der Waals surface area contributed by atoms with E-state index in [1.807, 2.05) is 14.0 Å². The normalized spacial score (nSPS) is 13.8. The summed E-state index contributed by atoms with van der Waals surface area (Å²) in [6.45, 7) is 8.20. The van der Waals surface area contributed by atoms with Gasteiger partial charge in [-0.3, -0.25) is 9.69 Å². The van der Waals surface area contributed by atoms with Crippen molar-refractivity contribution in [2.45, 2.75) is 39.3 Å². The Labute approximate surface area is 109 Å². The molecule has 0 N–H and O–H groups in total. The minimum Gasteiger partial charge on any atom is -0.292 e. The molecule has 1 rings (SSSR count). The van der Waals surface area contributed by atoms with Gasteiger partial charge >= 0.3 is 0 Å². The summed E-state index contributed by atoms with van der Waals surface area (Å²) in [5.41, 5.74) is 0.634. The molecule has 0 unspecified atom stereocenters. The molecule has 0 aliphatic rings. The van der Waals surface area contributed by atoms with Crippen LogP contribution in [-0.2, 0) is 0 Å². The van der Waals surface area contributed by atoms with E-state index in [9.17, 15) is 4.79 Å². The van der Waals surface area contributed by atoms with Crippen molar-refractivity contribution in [2.24, 2.45) is 0 Å². The maximum Gasteiger partial charge on any atom is 0.179 e. The highest BCUT2D eigenvalue weighted by Gasteiger charge is 2.27. The molecular formula is C14H20ClNO. The van der Waals surface area contributed by atoms with Gasteiger partial charge in [-0.1, -0.05) is 23.7 Å². The Balaban J connectivity index is 2.91. The number of hydrogen-bond acceptors (Lipinski definition) is 2. The molecule has 0 fully saturated rings. The topological polar surface area (TPSA) is 20.3 Å². The third-order valence-electron chi connectivity index (χ3n) is 3.13. The van der Waals surface area contributed by atoms with Crippen LogP contribution in [0.4, 0.5) is 0 Å². The molecule has 0 saturated heterocycles. The summed E-state index contributed by atoms with van der Waals surface area (Å²) in [7, 11) is 1.97. The van der Waals surface area contributed by atoms with E-state index in [2.05, 4.69) is 25.7 Å². The number of carbonyl (C=O) groups is 1. The van der Waals surface area contributed by atoms with Gasteiger partial charge in [0, 0.05) is 16.1 Å². The van der Waals surface area contributed by atoms with E-state index >= 15 is 0 Å². The van der Waals surface area contributed by atoms with Crippen molar-refractivity contribution >= 4 is 17.4 Å². The molecule has 0 aliphatic carbocycles. The first kappa shape index (κ1) is 14.2. The molecule has 0 heterocycles. The third kappa shape index (κ3) is 3.55. The molecule has 2 nitrogen and oxygen atoms in total. The molecule has 0 spiro atoms. The van der Waals surface area contributed by atoms with E-state index < -0.39 is 0 Å². The largest absolute Gasteiger partial charge is 0.292 e. The second-order valence-corrected chi connectivity index (χ2v) is 5.77. The summed E-state index contributed by atoms with van der Waals surface area (Å²) in [4.78, 5) is 14.4. The second-order valence-electron chi connectivity index (χ2n) is 5.33. The average Bonchev–Trinajstić information content (AvgIpc) is 2.25. The standard InChI is InChI=1S/C14H20ClNO/c1-10(16(5)14(2,3)4)13(17)11-7-6-8-12(15)9-11/h6-10H,1-5H3/t10-/m1/s1. The Bertz CT molecular complexity index is 409. The Morgan fingerprint density at radius 3 is 2.41 bits per heavy atom. The van der Waals surface area contributed by atoms with Gasteiger partial charge in [0.15, 0.2) is 5.78 Å². The highest BCUT2D eigenvalue weighted by molar-refractivity contribution is 6.31. The van der Waals surface area contributed by atoms with Crippen LogP contribution in [0.2, 0.25) is 5.02 Å². The van der Waals surface area contributed by atoms with E-state index in [0.29, 0.717) is 10.6 Å². The summed E-state index contributed by atoms with van der Waals surface area (Å²) >= 11 is 5.90. The van der Waals surface area contributed by atoms with E-state index in [-0.39, 0.29) is 17.4 Å². The number of carbonyl (C=O) groups excluding carboxylic acids is 1. The van der Waals surface area contributed by atoms with Crippen molar-refractivity contribution in [3.8, 4) is 0 Å². The van der Waals surface area contributed by atoms with E-state index in [1.54, 1.807) is 24.3 Å². The van der Waals surface area contributed by atoms with Crippen LogP contribution in [0.3, 0.4) is 0 Å². The second kappa shape index (κ2) is 5.19. The van der Waals surface area contributed by atoms with Gasteiger partial charge in [-0.15, -0.1) is 0 Å². The molecule has 0 radical (unpaired) electrons. The van der Waals surface area contributed by atoms with Crippen LogP contribution < -0.4 is 0 Å². The Kier molecular flexibility index (Phi) is 4.34. The van der Waals surface area contributed by atoms with Gasteiger partial charge in [0.2, 0.25) is 0 Å². The zero-order chi connectivity index (χ0) is 13.2. The molecule has 94 valence electrons. The molecule has 0 amide bonds. The predicted molar refractivity (Wildman–Crippen MR) is 72.8 cm³/mol. The number of Topliss-reactive ketones (excluding diaryl/α,β-unsaturated/α-hetero) is 1. The van der Waals surface area contributed by atoms with Crippen molar-refractivity contribution in [3.63, 3.8) is 0 Å². The zero-order valence-corrected chi connectivity index (χ0v) is 11.9. The van der Waals surface area contributed by atoms with Crippen LogP contribution >= 0.6 is 11.6 Å². The SMILES string of the molecule is C[C@H](C(=O)c1cccc(Cl)c1)N(C)C(C)(C)C. The number of rotatable bonds is 3. The molecule has 1 aromatic rings. The summed E-state index contributed by atoms with van der Waals surface area (Å²) in [6.07, 6.45) is 0. The fourth-order valence-electron chi connectivity index (χ4n) is 1.64. The number of likely N-dealkylation sites (N-methyl/N-ethyl adjacent to an activating group) is 1. The molecule has 3 heteroatoms. The third-order valence-corrected chi connectivity index (χ3v) is 3.36. The van der Waals surface area contributed by atoms with Crippen LogP contribution in [0, 0.1) is 0 Å². The van der Waals surface area contributed by atoms with Gasteiger partial charge in [0.05, 0.1) is 6.04 Å². The Morgan fingerprint density at radius 1 is 1.35 bits per heavy atom. The zero-order valence-electron chi connectivity index (χ0n) is 11.1. The first-order valence-electron chi connectivity index (χ1n) is 5.76. The average molecular weight is 254 g/mol. The predicted octanol–water partition coefficient (Wildman–Crippen LogP) is 3.64. The molecule has 0 aromatic heterocycles. The Hall–Kier alpha value is -0.860. The summed E-state index contributed by atoms with van der Waals surface area (Å²) in [5, 5.41) is 0.599. The number of hydrogen-bond donors (Lipinski definition) is 0. The minimum atomic E-state index is -0.159. The van der Waals surface area contributed by atoms with Crippen molar-refractivity contribution in [1.29, 1.82) is 0 Å². The number of ketones is 1. The van der Waals surface area contributed by atoms with Crippen molar-refractivity contribution < 1.29 is 4.79 Å². The van der Waals surface area contributed by atoms with Gasteiger partial charge in [-0.2, -0.15) is 0 Å². The molecule has 0 saturated carbocycles. The van der Waals surface area contributed by atoms with Crippen molar-refractivity contribution in [2.75, 3.05) is 7.05 Å².